The Kier molecular flexibility index (Phi) is 7.56. The summed E-state index contributed by atoms with van der Waals surface area (Å²) in [5, 5.41) is 17.1. The summed E-state index contributed by atoms with van der Waals surface area (Å²) >= 11 is 0. The molecule has 162 valence electrons. The molecule has 0 aliphatic heterocycles. The third-order valence-corrected chi connectivity index (χ3v) is 4.62. The Morgan fingerprint density at radius 2 is 1.94 bits per heavy atom. The van der Waals surface area contributed by atoms with Crippen LogP contribution >= 0.6 is 0 Å². The second-order valence-electron chi connectivity index (χ2n) is 7.24. The smallest absolute Gasteiger partial charge is 0.191 e. The summed E-state index contributed by atoms with van der Waals surface area (Å²) in [5.41, 5.74) is 0.446. The van der Waals surface area contributed by atoms with E-state index in [2.05, 4.69) is 20.6 Å². The van der Waals surface area contributed by atoms with Gasteiger partial charge in [-0.1, -0.05) is 36.4 Å². The summed E-state index contributed by atoms with van der Waals surface area (Å²) in [6.07, 6.45) is 3.15. The number of nitrogens with zero attached hydrogens (tertiary/aromatic N) is 2. The van der Waals surface area contributed by atoms with Gasteiger partial charge in [0.1, 0.15) is 11.4 Å². The molecular weight excluding hydrogens is 395 g/mol. The topological polar surface area (TPSA) is 78.8 Å². The van der Waals surface area contributed by atoms with Crippen molar-refractivity contribution in [2.45, 2.75) is 26.0 Å². The van der Waals surface area contributed by atoms with E-state index < -0.39 is 11.4 Å². The van der Waals surface area contributed by atoms with Crippen molar-refractivity contribution in [3.05, 3.63) is 90.0 Å². The Bertz CT molecular complexity index is 995. The van der Waals surface area contributed by atoms with Gasteiger partial charge in [-0.3, -0.25) is 4.98 Å². The number of pyridine rings is 1. The standard InChI is InChI=1S/C24H27FN4O2/c1-3-27-23(29-17-24(2,30)19-8-5-4-6-9-19)28-15-18-11-12-22(21(25)14-18)31-20-10-7-13-26-16-20/h4-14,16,30H,3,15,17H2,1-2H3,(H2,27,28,29). The van der Waals surface area contributed by atoms with Gasteiger partial charge < -0.3 is 20.5 Å². The zero-order valence-electron chi connectivity index (χ0n) is 17.7. The maximum Gasteiger partial charge on any atom is 0.191 e. The van der Waals surface area contributed by atoms with Crippen molar-refractivity contribution < 1.29 is 14.2 Å². The van der Waals surface area contributed by atoms with Crippen molar-refractivity contribution in [2.75, 3.05) is 13.1 Å². The van der Waals surface area contributed by atoms with E-state index in [0.29, 0.717) is 23.8 Å². The van der Waals surface area contributed by atoms with Crippen molar-refractivity contribution in [3.8, 4) is 11.5 Å². The summed E-state index contributed by atoms with van der Waals surface area (Å²) in [4.78, 5) is 8.45. The van der Waals surface area contributed by atoms with Gasteiger partial charge >= 0.3 is 0 Å². The Morgan fingerprint density at radius 3 is 2.61 bits per heavy atom. The van der Waals surface area contributed by atoms with Gasteiger partial charge in [-0.2, -0.15) is 0 Å². The number of aromatic nitrogens is 1. The van der Waals surface area contributed by atoms with Crippen LogP contribution in [-0.4, -0.2) is 29.1 Å². The highest BCUT2D eigenvalue weighted by atomic mass is 19.1. The minimum absolute atomic E-state index is 0.129. The monoisotopic (exact) mass is 422 g/mol. The molecular formula is C24H27FN4O2. The Hall–Kier alpha value is -3.45. The van der Waals surface area contributed by atoms with Crippen LogP contribution in [0.5, 0.6) is 11.5 Å². The van der Waals surface area contributed by atoms with Gasteiger partial charge in [0.15, 0.2) is 17.5 Å². The molecule has 0 aliphatic carbocycles. The van der Waals surface area contributed by atoms with Crippen LogP contribution < -0.4 is 15.4 Å². The molecule has 31 heavy (non-hydrogen) atoms. The normalized spacial score (nSPS) is 13.4. The van der Waals surface area contributed by atoms with Crippen LogP contribution in [0.25, 0.3) is 0 Å². The van der Waals surface area contributed by atoms with Crippen molar-refractivity contribution in [1.29, 1.82) is 0 Å². The summed E-state index contributed by atoms with van der Waals surface area (Å²) < 4.78 is 20.0. The third kappa shape index (κ3) is 6.52. The number of ether oxygens (including phenoxy) is 1. The first kappa shape index (κ1) is 22.2. The highest BCUT2D eigenvalue weighted by Gasteiger charge is 2.22. The zero-order chi connectivity index (χ0) is 22.1. The predicted molar refractivity (Wildman–Crippen MR) is 120 cm³/mol. The molecule has 0 fully saturated rings. The Morgan fingerprint density at radius 1 is 1.13 bits per heavy atom. The lowest BCUT2D eigenvalue weighted by atomic mass is 9.96. The van der Waals surface area contributed by atoms with Gasteiger partial charge in [0, 0.05) is 12.7 Å². The van der Waals surface area contributed by atoms with Gasteiger partial charge in [-0.05, 0) is 49.2 Å². The predicted octanol–water partition coefficient (Wildman–Crippen LogP) is 3.98. The molecule has 1 atom stereocenters. The summed E-state index contributed by atoms with van der Waals surface area (Å²) in [6.45, 7) is 4.90. The average Bonchev–Trinajstić information content (AvgIpc) is 2.79. The molecule has 0 aliphatic rings. The fourth-order valence-corrected chi connectivity index (χ4v) is 2.93. The van der Waals surface area contributed by atoms with Crippen LogP contribution in [0.3, 0.4) is 0 Å². The molecule has 0 bridgehead atoms. The lowest BCUT2D eigenvalue weighted by Gasteiger charge is -2.25. The third-order valence-electron chi connectivity index (χ3n) is 4.62. The number of aliphatic hydroxyl groups is 1. The van der Waals surface area contributed by atoms with E-state index in [1.165, 1.54) is 12.3 Å². The van der Waals surface area contributed by atoms with Crippen LogP contribution in [0.1, 0.15) is 25.0 Å². The summed E-state index contributed by atoms with van der Waals surface area (Å²) in [7, 11) is 0. The van der Waals surface area contributed by atoms with E-state index in [1.54, 1.807) is 37.4 Å². The van der Waals surface area contributed by atoms with Crippen molar-refractivity contribution >= 4 is 5.96 Å². The number of benzene rings is 2. The van der Waals surface area contributed by atoms with E-state index in [0.717, 1.165) is 5.56 Å². The lowest BCUT2D eigenvalue weighted by Crippen LogP contribution is -2.44. The Labute approximate surface area is 181 Å². The number of hydrogen-bond acceptors (Lipinski definition) is 4. The largest absolute Gasteiger partial charge is 0.453 e. The number of halogens is 1. The van der Waals surface area contributed by atoms with Crippen LogP contribution in [0.15, 0.2) is 78.0 Å². The molecule has 0 saturated carbocycles. The van der Waals surface area contributed by atoms with Crippen LogP contribution in [0.4, 0.5) is 4.39 Å². The van der Waals surface area contributed by atoms with Gasteiger partial charge in [-0.25, -0.2) is 9.38 Å². The maximum atomic E-state index is 14.4. The quantitative estimate of drug-likeness (QED) is 0.378. The van der Waals surface area contributed by atoms with E-state index in [-0.39, 0.29) is 18.8 Å². The number of guanidine groups is 1. The van der Waals surface area contributed by atoms with E-state index in [9.17, 15) is 9.50 Å². The highest BCUT2D eigenvalue weighted by molar-refractivity contribution is 5.79. The molecule has 3 rings (SSSR count). The fourth-order valence-electron chi connectivity index (χ4n) is 2.93. The first-order chi connectivity index (χ1) is 15.0. The van der Waals surface area contributed by atoms with Crippen LogP contribution in [0, 0.1) is 5.82 Å². The minimum Gasteiger partial charge on any atom is -0.453 e. The number of hydrogen-bond donors (Lipinski definition) is 3. The molecule has 1 unspecified atom stereocenters. The average molecular weight is 423 g/mol. The Balaban J connectivity index is 1.64. The zero-order valence-corrected chi connectivity index (χ0v) is 17.7. The molecule has 1 heterocycles. The number of nitrogens with one attached hydrogen (secondary N) is 2. The molecule has 0 saturated heterocycles. The van der Waals surface area contributed by atoms with Crippen LogP contribution in [0.2, 0.25) is 0 Å². The van der Waals surface area contributed by atoms with Crippen LogP contribution in [-0.2, 0) is 12.1 Å². The lowest BCUT2D eigenvalue weighted by molar-refractivity contribution is 0.0617. The molecule has 3 aromatic rings. The maximum absolute atomic E-state index is 14.4. The minimum atomic E-state index is -1.06. The number of rotatable bonds is 8. The molecule has 6 nitrogen and oxygen atoms in total. The van der Waals surface area contributed by atoms with Crippen molar-refractivity contribution in [3.63, 3.8) is 0 Å². The first-order valence-corrected chi connectivity index (χ1v) is 10.1. The second-order valence-corrected chi connectivity index (χ2v) is 7.24. The van der Waals surface area contributed by atoms with Gasteiger partial charge in [0.25, 0.3) is 0 Å². The summed E-state index contributed by atoms with van der Waals surface area (Å²) in [6, 6.07) is 17.6. The first-order valence-electron chi connectivity index (χ1n) is 10.1. The molecule has 1 aromatic heterocycles. The molecule has 0 amide bonds. The molecule has 0 radical (unpaired) electrons. The van der Waals surface area contributed by atoms with Gasteiger partial charge in [0.05, 0.1) is 19.3 Å². The molecule has 0 spiro atoms. The fraction of sp³-hybridized carbons (Fsp3) is 0.250. The number of aliphatic imine (C=N–C) groups is 1. The second kappa shape index (κ2) is 10.5. The molecule has 2 aromatic carbocycles. The van der Waals surface area contributed by atoms with Gasteiger partial charge in [-0.15, -0.1) is 0 Å². The van der Waals surface area contributed by atoms with Crippen molar-refractivity contribution in [1.82, 2.24) is 15.6 Å². The molecule has 7 heteroatoms. The SMILES string of the molecule is CCNC(=NCc1ccc(Oc2cccnc2)c(F)c1)NCC(C)(O)c1ccccc1. The highest BCUT2D eigenvalue weighted by Crippen LogP contribution is 2.24. The van der Waals surface area contributed by atoms with Crippen molar-refractivity contribution in [2.24, 2.45) is 4.99 Å². The van der Waals surface area contributed by atoms with E-state index in [4.69, 9.17) is 4.74 Å². The van der Waals surface area contributed by atoms with Gasteiger partial charge in [0.2, 0.25) is 0 Å². The van der Waals surface area contributed by atoms with E-state index >= 15 is 0 Å². The van der Waals surface area contributed by atoms with E-state index in [1.807, 2.05) is 37.3 Å². The summed E-state index contributed by atoms with van der Waals surface area (Å²) in [5.74, 6) is 0.664. The molecule has 3 N–H and O–H groups in total.